The zero-order valence-corrected chi connectivity index (χ0v) is 13.7. The number of aromatic nitrogens is 4. The predicted molar refractivity (Wildman–Crippen MR) is 96.4 cm³/mol. The molecule has 0 unspecified atom stereocenters. The van der Waals surface area contributed by atoms with E-state index in [0.29, 0.717) is 11.4 Å². The second-order valence-electron chi connectivity index (χ2n) is 5.76. The summed E-state index contributed by atoms with van der Waals surface area (Å²) in [5, 5.41) is 17.5. The van der Waals surface area contributed by atoms with Gasteiger partial charge in [-0.3, -0.25) is 0 Å². The summed E-state index contributed by atoms with van der Waals surface area (Å²) in [6.07, 6.45) is 1.89. The third-order valence-corrected chi connectivity index (χ3v) is 4.38. The number of imidazole rings is 1. The van der Waals surface area contributed by atoms with Crippen LogP contribution in [0.15, 0.2) is 36.5 Å². The van der Waals surface area contributed by atoms with Crippen LogP contribution in [0.5, 0.6) is 5.75 Å². The van der Waals surface area contributed by atoms with Crippen molar-refractivity contribution in [3.05, 3.63) is 36.5 Å². The summed E-state index contributed by atoms with van der Waals surface area (Å²) < 4.78 is 0. The van der Waals surface area contributed by atoms with Crippen LogP contribution in [-0.4, -0.2) is 38.4 Å². The molecular weight excluding hydrogens is 302 g/mol. The van der Waals surface area contributed by atoms with E-state index in [9.17, 15) is 5.11 Å². The number of fused-ring (bicyclic) bond motifs is 2. The van der Waals surface area contributed by atoms with Gasteiger partial charge in [0.15, 0.2) is 5.82 Å². The van der Waals surface area contributed by atoms with E-state index >= 15 is 0 Å². The zero-order chi connectivity index (χ0) is 16.7. The molecule has 0 aliphatic heterocycles. The van der Waals surface area contributed by atoms with Crippen LogP contribution in [0.2, 0.25) is 0 Å². The predicted octanol–water partition coefficient (Wildman–Crippen LogP) is 3.66. The number of anilines is 1. The molecule has 3 N–H and O–H groups in total. The van der Waals surface area contributed by atoms with Gasteiger partial charge in [0.2, 0.25) is 0 Å². The molecule has 4 aromatic rings. The third-order valence-electron chi connectivity index (χ3n) is 4.38. The van der Waals surface area contributed by atoms with Gasteiger partial charge in [-0.25, -0.2) is 9.97 Å². The molecule has 6 nitrogen and oxygen atoms in total. The fourth-order valence-corrected chi connectivity index (χ4v) is 3.06. The molecule has 24 heavy (non-hydrogen) atoms. The van der Waals surface area contributed by atoms with Crippen LogP contribution in [0.4, 0.5) is 5.69 Å². The Hall–Kier alpha value is -3.02. The van der Waals surface area contributed by atoms with Crippen molar-refractivity contribution >= 4 is 27.6 Å². The molecule has 0 spiro atoms. The smallest absolute Gasteiger partial charge is 0.164 e. The highest BCUT2D eigenvalue weighted by Crippen LogP contribution is 2.33. The van der Waals surface area contributed by atoms with Gasteiger partial charge < -0.3 is 20.2 Å². The van der Waals surface area contributed by atoms with E-state index in [1.807, 2.05) is 30.5 Å². The summed E-state index contributed by atoms with van der Waals surface area (Å²) in [5.41, 5.74) is 4.26. The van der Waals surface area contributed by atoms with Crippen molar-refractivity contribution in [3.63, 3.8) is 0 Å². The summed E-state index contributed by atoms with van der Waals surface area (Å²) in [7, 11) is 0. The first-order valence-corrected chi connectivity index (χ1v) is 8.11. The monoisotopic (exact) mass is 321 g/mol. The maximum atomic E-state index is 10.4. The second kappa shape index (κ2) is 5.56. The fraction of sp³-hybridized carbons (Fsp3) is 0.222. The van der Waals surface area contributed by atoms with Crippen LogP contribution in [0.1, 0.15) is 13.8 Å². The number of benzene rings is 2. The summed E-state index contributed by atoms with van der Waals surface area (Å²) in [5.74, 6) is 0.749. The molecule has 0 saturated carbocycles. The van der Waals surface area contributed by atoms with Crippen LogP contribution in [-0.2, 0) is 0 Å². The molecule has 2 heterocycles. The van der Waals surface area contributed by atoms with Crippen LogP contribution < -0.4 is 4.90 Å². The highest BCUT2D eigenvalue weighted by atomic mass is 16.3. The molecule has 0 radical (unpaired) electrons. The molecule has 0 atom stereocenters. The highest BCUT2D eigenvalue weighted by Gasteiger charge is 2.14. The summed E-state index contributed by atoms with van der Waals surface area (Å²) >= 11 is 0. The molecule has 0 aliphatic rings. The number of nitrogens with one attached hydrogen (secondary N) is 2. The highest BCUT2D eigenvalue weighted by molar-refractivity contribution is 5.94. The van der Waals surface area contributed by atoms with E-state index in [0.717, 1.165) is 40.7 Å². The average molecular weight is 321 g/mol. The Kier molecular flexibility index (Phi) is 3.37. The molecule has 0 fully saturated rings. The van der Waals surface area contributed by atoms with Crippen molar-refractivity contribution in [1.29, 1.82) is 0 Å². The molecular formula is C18H19N5O. The second-order valence-corrected chi connectivity index (χ2v) is 5.76. The Labute approximate surface area is 139 Å². The molecule has 6 heteroatoms. The van der Waals surface area contributed by atoms with Crippen LogP contribution in [0.25, 0.3) is 33.3 Å². The van der Waals surface area contributed by atoms with E-state index in [1.165, 1.54) is 0 Å². The van der Waals surface area contributed by atoms with E-state index < -0.39 is 0 Å². The van der Waals surface area contributed by atoms with Gasteiger partial charge in [0.25, 0.3) is 0 Å². The van der Waals surface area contributed by atoms with E-state index in [4.69, 9.17) is 0 Å². The van der Waals surface area contributed by atoms with Crippen molar-refractivity contribution in [2.24, 2.45) is 0 Å². The molecule has 0 saturated heterocycles. The number of aromatic amines is 2. The van der Waals surface area contributed by atoms with Gasteiger partial charge in [-0.1, -0.05) is 0 Å². The number of hydrogen-bond donors (Lipinski definition) is 3. The maximum Gasteiger partial charge on any atom is 0.164 e. The molecule has 2 aromatic carbocycles. The Balaban J connectivity index is 1.78. The van der Waals surface area contributed by atoms with E-state index in [1.54, 1.807) is 6.07 Å². The SMILES string of the molecule is CCN(CC)c1ccc(-c2nc3cc4c[nH][nH]c4cc3n2)c(O)c1. The fourth-order valence-electron chi connectivity index (χ4n) is 3.06. The van der Waals surface area contributed by atoms with Gasteiger partial charge in [0.1, 0.15) is 5.75 Å². The minimum atomic E-state index is 0.202. The third kappa shape index (κ3) is 2.27. The van der Waals surface area contributed by atoms with Crippen molar-refractivity contribution in [3.8, 4) is 17.1 Å². The van der Waals surface area contributed by atoms with Crippen LogP contribution in [0.3, 0.4) is 0 Å². The number of nitrogens with zero attached hydrogens (tertiary/aromatic N) is 3. The zero-order valence-electron chi connectivity index (χ0n) is 13.7. The number of hydrogen-bond acceptors (Lipinski definition) is 4. The van der Waals surface area contributed by atoms with Gasteiger partial charge >= 0.3 is 0 Å². The number of aromatic hydroxyl groups is 1. The lowest BCUT2D eigenvalue weighted by Gasteiger charge is -2.21. The Morgan fingerprint density at radius 1 is 1.04 bits per heavy atom. The average Bonchev–Trinajstić information content (AvgIpc) is 3.19. The van der Waals surface area contributed by atoms with Gasteiger partial charge in [-0.2, -0.15) is 0 Å². The molecule has 0 amide bonds. The van der Waals surface area contributed by atoms with Crippen LogP contribution >= 0.6 is 0 Å². The normalized spacial score (nSPS) is 11.4. The van der Waals surface area contributed by atoms with E-state index in [-0.39, 0.29) is 5.75 Å². The summed E-state index contributed by atoms with van der Waals surface area (Å²) in [6.45, 7) is 5.99. The Morgan fingerprint density at radius 3 is 2.50 bits per heavy atom. The van der Waals surface area contributed by atoms with Crippen molar-refractivity contribution in [2.75, 3.05) is 18.0 Å². The van der Waals surface area contributed by atoms with Crippen molar-refractivity contribution < 1.29 is 5.11 Å². The molecule has 122 valence electrons. The maximum absolute atomic E-state index is 10.4. The van der Waals surface area contributed by atoms with E-state index in [2.05, 4.69) is 38.9 Å². The number of phenols is 1. The molecule has 0 aliphatic carbocycles. The first-order valence-electron chi connectivity index (χ1n) is 8.11. The molecule has 2 aromatic heterocycles. The topological polar surface area (TPSA) is 80.8 Å². The van der Waals surface area contributed by atoms with Gasteiger partial charge in [-0.05, 0) is 38.1 Å². The Bertz CT molecular complexity index is 965. The lowest BCUT2D eigenvalue weighted by molar-refractivity contribution is 0.477. The van der Waals surface area contributed by atoms with Crippen LogP contribution in [0, 0.1) is 0 Å². The lowest BCUT2D eigenvalue weighted by atomic mass is 10.1. The minimum Gasteiger partial charge on any atom is -0.507 e. The van der Waals surface area contributed by atoms with Crippen molar-refractivity contribution in [2.45, 2.75) is 13.8 Å². The van der Waals surface area contributed by atoms with Crippen molar-refractivity contribution in [1.82, 2.24) is 20.2 Å². The summed E-state index contributed by atoms with van der Waals surface area (Å²) in [4.78, 5) is 11.3. The number of phenolic OH excluding ortho intramolecular Hbond substituents is 1. The number of H-pyrrole nitrogens is 2. The first kappa shape index (κ1) is 14.6. The van der Waals surface area contributed by atoms with Gasteiger partial charge in [0, 0.05) is 36.4 Å². The van der Waals surface area contributed by atoms with Gasteiger partial charge in [-0.15, -0.1) is 0 Å². The molecule has 0 bridgehead atoms. The quantitative estimate of drug-likeness (QED) is 0.536. The van der Waals surface area contributed by atoms with Gasteiger partial charge in [0.05, 0.1) is 22.1 Å². The standard InChI is InChI=1S/C18H19N5O/c1-3-23(4-2)12-5-6-13(17(24)8-12)18-20-15-7-11-10-19-22-14(11)9-16(15)21-18/h5-10,19,22,24H,3-4H2,1-2H3. The Morgan fingerprint density at radius 2 is 1.79 bits per heavy atom. The number of rotatable bonds is 4. The lowest BCUT2D eigenvalue weighted by Crippen LogP contribution is -2.21. The largest absolute Gasteiger partial charge is 0.507 e. The minimum absolute atomic E-state index is 0.202. The molecule has 4 rings (SSSR count). The first-order chi connectivity index (χ1) is 11.7. The summed E-state index contributed by atoms with van der Waals surface area (Å²) in [6, 6.07) is 9.61.